The quantitative estimate of drug-likeness (QED) is 0.899. The summed E-state index contributed by atoms with van der Waals surface area (Å²) in [5.74, 6) is 0.360. The van der Waals surface area contributed by atoms with E-state index in [1.54, 1.807) is 16.7 Å². The summed E-state index contributed by atoms with van der Waals surface area (Å²) in [6.07, 6.45) is 2.78. The van der Waals surface area contributed by atoms with Crippen LogP contribution in [0.3, 0.4) is 0 Å². The van der Waals surface area contributed by atoms with Gasteiger partial charge in [-0.3, -0.25) is 14.1 Å². The molecule has 0 aromatic carbocycles. The second-order valence-electron chi connectivity index (χ2n) is 5.59. The van der Waals surface area contributed by atoms with Gasteiger partial charge in [-0.2, -0.15) is 0 Å². The number of aromatic nitrogens is 2. The van der Waals surface area contributed by atoms with Crippen molar-refractivity contribution >= 4 is 5.65 Å². The number of pyridine rings is 1. The zero-order valence-electron chi connectivity index (χ0n) is 11.6. The van der Waals surface area contributed by atoms with Crippen LogP contribution < -0.4 is 5.56 Å². The molecule has 3 heterocycles. The average molecular weight is 273 g/mol. The van der Waals surface area contributed by atoms with Crippen molar-refractivity contribution < 1.29 is 5.11 Å². The molecule has 106 valence electrons. The number of rotatable bonds is 3. The molecule has 0 aliphatic carbocycles. The molecular weight excluding hydrogens is 254 g/mol. The first-order valence-corrected chi connectivity index (χ1v) is 6.98. The fourth-order valence-corrected chi connectivity index (χ4v) is 2.77. The predicted octanol–water partition coefficient (Wildman–Crippen LogP) is 0.817. The van der Waals surface area contributed by atoms with Gasteiger partial charge in [0.2, 0.25) is 0 Å². The molecular formula is C15H19N3O2. The summed E-state index contributed by atoms with van der Waals surface area (Å²) in [7, 11) is 0. The molecule has 0 radical (unpaired) electrons. The maximum Gasteiger partial charge on any atom is 0.258 e. The van der Waals surface area contributed by atoms with Crippen molar-refractivity contribution in [1.82, 2.24) is 14.3 Å². The first-order valence-electron chi connectivity index (χ1n) is 6.98. The molecule has 0 amide bonds. The topological polar surface area (TPSA) is 57.8 Å². The van der Waals surface area contributed by atoms with E-state index in [-0.39, 0.29) is 12.2 Å². The fourth-order valence-electron chi connectivity index (χ4n) is 2.77. The third-order valence-electron chi connectivity index (χ3n) is 3.89. The maximum absolute atomic E-state index is 12.1. The van der Waals surface area contributed by atoms with Crippen molar-refractivity contribution in [1.29, 1.82) is 0 Å². The van der Waals surface area contributed by atoms with Gasteiger partial charge in [-0.1, -0.05) is 0 Å². The summed E-state index contributed by atoms with van der Waals surface area (Å²) in [5.41, 5.74) is 2.56. The van der Waals surface area contributed by atoms with E-state index in [0.29, 0.717) is 18.1 Å². The van der Waals surface area contributed by atoms with Crippen molar-refractivity contribution in [2.75, 3.05) is 19.7 Å². The molecule has 0 bridgehead atoms. The highest BCUT2D eigenvalue weighted by Gasteiger charge is 2.22. The maximum atomic E-state index is 12.1. The molecule has 1 N–H and O–H groups in total. The number of aliphatic hydroxyl groups is 1. The summed E-state index contributed by atoms with van der Waals surface area (Å²) >= 11 is 0. The smallest absolute Gasteiger partial charge is 0.258 e. The van der Waals surface area contributed by atoms with Gasteiger partial charge in [0, 0.05) is 32.0 Å². The Bertz CT molecular complexity index is 680. The molecule has 5 heteroatoms. The third kappa shape index (κ3) is 2.59. The highest BCUT2D eigenvalue weighted by Crippen LogP contribution is 2.17. The lowest BCUT2D eigenvalue weighted by atomic mass is 10.1. The summed E-state index contributed by atoms with van der Waals surface area (Å²) in [6, 6.07) is 5.43. The summed E-state index contributed by atoms with van der Waals surface area (Å²) in [4.78, 5) is 18.9. The number of fused-ring (bicyclic) bond motifs is 1. The molecule has 1 atom stereocenters. The number of aliphatic hydroxyl groups excluding tert-OH is 1. The van der Waals surface area contributed by atoms with Gasteiger partial charge >= 0.3 is 0 Å². The number of hydrogen-bond donors (Lipinski definition) is 1. The minimum Gasteiger partial charge on any atom is -0.396 e. The molecule has 20 heavy (non-hydrogen) atoms. The van der Waals surface area contributed by atoms with Crippen LogP contribution in [0.2, 0.25) is 0 Å². The van der Waals surface area contributed by atoms with Crippen molar-refractivity contribution in [3.63, 3.8) is 0 Å². The summed E-state index contributed by atoms with van der Waals surface area (Å²) in [6.45, 7) is 4.75. The van der Waals surface area contributed by atoms with Crippen LogP contribution in [0.5, 0.6) is 0 Å². The minimum absolute atomic E-state index is 0.0390. The van der Waals surface area contributed by atoms with E-state index in [1.807, 2.05) is 19.1 Å². The molecule has 1 fully saturated rings. The molecule has 5 nitrogen and oxygen atoms in total. The van der Waals surface area contributed by atoms with Gasteiger partial charge in [0.15, 0.2) is 0 Å². The van der Waals surface area contributed by atoms with E-state index in [9.17, 15) is 9.90 Å². The lowest BCUT2D eigenvalue weighted by molar-refractivity contribution is 0.219. The van der Waals surface area contributed by atoms with Gasteiger partial charge < -0.3 is 5.11 Å². The van der Waals surface area contributed by atoms with Crippen LogP contribution in [0.1, 0.15) is 17.7 Å². The number of hydrogen-bond acceptors (Lipinski definition) is 4. The second kappa shape index (κ2) is 5.34. The van der Waals surface area contributed by atoms with Crippen LogP contribution in [-0.2, 0) is 6.54 Å². The SMILES string of the molecule is Cc1ccn2c(=O)cc(CN3CCC(CO)C3)nc2c1. The van der Waals surface area contributed by atoms with Gasteiger partial charge in [0.1, 0.15) is 5.65 Å². The van der Waals surface area contributed by atoms with Crippen LogP contribution in [0.25, 0.3) is 5.65 Å². The number of aryl methyl sites for hydroxylation is 1. The van der Waals surface area contributed by atoms with Gasteiger partial charge in [0.05, 0.1) is 5.69 Å². The normalized spacial score (nSPS) is 19.8. The van der Waals surface area contributed by atoms with Crippen molar-refractivity contribution in [3.05, 3.63) is 46.0 Å². The average Bonchev–Trinajstić information content (AvgIpc) is 2.85. The molecule has 2 aromatic rings. The van der Waals surface area contributed by atoms with Crippen LogP contribution in [0.15, 0.2) is 29.2 Å². The largest absolute Gasteiger partial charge is 0.396 e. The molecule has 2 aromatic heterocycles. The Labute approximate surface area is 117 Å². The Balaban J connectivity index is 1.87. The van der Waals surface area contributed by atoms with Crippen LogP contribution in [0.4, 0.5) is 0 Å². The van der Waals surface area contributed by atoms with Crippen LogP contribution in [-0.4, -0.2) is 39.1 Å². The molecule has 3 rings (SSSR count). The first-order chi connectivity index (χ1) is 9.65. The van der Waals surface area contributed by atoms with E-state index >= 15 is 0 Å². The van der Waals surface area contributed by atoms with Crippen molar-refractivity contribution in [3.8, 4) is 0 Å². The van der Waals surface area contributed by atoms with Crippen molar-refractivity contribution in [2.45, 2.75) is 19.9 Å². The highest BCUT2D eigenvalue weighted by atomic mass is 16.3. The Kier molecular flexibility index (Phi) is 3.54. The fraction of sp³-hybridized carbons (Fsp3) is 0.467. The van der Waals surface area contributed by atoms with E-state index in [0.717, 1.165) is 30.8 Å². The Morgan fingerprint density at radius 3 is 3.05 bits per heavy atom. The van der Waals surface area contributed by atoms with E-state index in [4.69, 9.17) is 0 Å². The third-order valence-corrected chi connectivity index (χ3v) is 3.89. The van der Waals surface area contributed by atoms with Crippen LogP contribution in [0, 0.1) is 12.8 Å². The zero-order chi connectivity index (χ0) is 14.1. The molecule has 1 aliphatic heterocycles. The van der Waals surface area contributed by atoms with E-state index < -0.39 is 0 Å². The molecule has 0 saturated carbocycles. The van der Waals surface area contributed by atoms with Gasteiger partial charge in [-0.15, -0.1) is 0 Å². The minimum atomic E-state index is -0.0390. The highest BCUT2D eigenvalue weighted by molar-refractivity contribution is 5.41. The van der Waals surface area contributed by atoms with E-state index in [2.05, 4.69) is 9.88 Å². The first kappa shape index (κ1) is 13.3. The summed E-state index contributed by atoms with van der Waals surface area (Å²) in [5, 5.41) is 9.17. The Hall–Kier alpha value is -1.72. The van der Waals surface area contributed by atoms with Crippen molar-refractivity contribution in [2.24, 2.45) is 5.92 Å². The molecule has 0 spiro atoms. The lowest BCUT2D eigenvalue weighted by Gasteiger charge is -2.15. The monoisotopic (exact) mass is 273 g/mol. The summed E-state index contributed by atoms with van der Waals surface area (Å²) < 4.78 is 1.57. The standard InChI is InChI=1S/C15H19N3O2/c1-11-2-5-18-14(6-11)16-13(7-15(18)20)9-17-4-3-12(8-17)10-19/h2,5-7,12,19H,3-4,8-10H2,1H3. The number of likely N-dealkylation sites (tertiary alicyclic amines) is 1. The molecule has 1 saturated heterocycles. The van der Waals surface area contributed by atoms with Crippen LogP contribution >= 0.6 is 0 Å². The van der Waals surface area contributed by atoms with E-state index in [1.165, 1.54) is 0 Å². The predicted molar refractivity (Wildman–Crippen MR) is 76.7 cm³/mol. The molecule has 1 aliphatic rings. The zero-order valence-corrected chi connectivity index (χ0v) is 11.6. The lowest BCUT2D eigenvalue weighted by Crippen LogP contribution is -2.24. The Morgan fingerprint density at radius 1 is 1.45 bits per heavy atom. The Morgan fingerprint density at radius 2 is 2.30 bits per heavy atom. The second-order valence-corrected chi connectivity index (χ2v) is 5.59. The van der Waals surface area contributed by atoms with Gasteiger partial charge in [-0.05, 0) is 43.5 Å². The molecule has 1 unspecified atom stereocenters. The van der Waals surface area contributed by atoms with Gasteiger partial charge in [0.25, 0.3) is 5.56 Å². The number of nitrogens with zero attached hydrogens (tertiary/aromatic N) is 3. The van der Waals surface area contributed by atoms with Gasteiger partial charge in [-0.25, -0.2) is 4.98 Å².